The maximum Gasteiger partial charge on any atom is 0.308 e. The van der Waals surface area contributed by atoms with Crippen molar-refractivity contribution < 1.29 is 33.0 Å². The molecule has 0 radical (unpaired) electrons. The number of hydrogen-bond donors (Lipinski definition) is 1. The molecule has 1 amide bonds. The minimum absolute atomic E-state index is 0.0277. The van der Waals surface area contributed by atoms with Crippen molar-refractivity contribution in [2.24, 2.45) is 5.92 Å². The minimum atomic E-state index is -0.630. The third-order valence-electron chi connectivity index (χ3n) is 5.69. The Balaban J connectivity index is 1.34. The molecule has 1 N–H and O–H groups in total. The summed E-state index contributed by atoms with van der Waals surface area (Å²) in [6.45, 7) is 0.667. The topological polar surface area (TPSA) is 113 Å². The van der Waals surface area contributed by atoms with E-state index in [9.17, 15) is 14.4 Å². The normalized spacial score (nSPS) is 16.9. The summed E-state index contributed by atoms with van der Waals surface area (Å²) < 4.78 is 27.1. The lowest BCUT2D eigenvalue weighted by Crippen LogP contribution is -2.37. The number of amides is 1. The summed E-state index contributed by atoms with van der Waals surface area (Å²) in [4.78, 5) is 36.5. The summed E-state index contributed by atoms with van der Waals surface area (Å²) in [7, 11) is 2.84. The molecule has 0 bridgehead atoms. The molecule has 2 aromatic carbocycles. The predicted molar refractivity (Wildman–Crippen MR) is 128 cm³/mol. The van der Waals surface area contributed by atoms with Crippen LogP contribution in [0.3, 0.4) is 0 Å². The molecule has 0 spiro atoms. The second-order valence-electron chi connectivity index (χ2n) is 7.94. The Morgan fingerprint density at radius 1 is 1.11 bits per heavy atom. The van der Waals surface area contributed by atoms with Gasteiger partial charge in [0.15, 0.2) is 16.8 Å². The monoisotopic (exact) mass is 501 g/mol. The van der Waals surface area contributed by atoms with Crippen LogP contribution >= 0.6 is 11.6 Å². The van der Waals surface area contributed by atoms with E-state index >= 15 is 0 Å². The number of para-hydroxylation sites is 1. The first kappa shape index (κ1) is 24.6. The smallest absolute Gasteiger partial charge is 0.308 e. The molecule has 3 aromatic rings. The van der Waals surface area contributed by atoms with Crippen LogP contribution < -0.4 is 20.2 Å². The maximum absolute atomic E-state index is 12.7. The molecule has 1 aliphatic carbocycles. The average molecular weight is 502 g/mol. The van der Waals surface area contributed by atoms with E-state index in [-0.39, 0.29) is 45.2 Å². The fraction of sp³-hybridized carbons (Fsp3) is 0.320. The van der Waals surface area contributed by atoms with E-state index in [1.54, 1.807) is 36.4 Å². The fourth-order valence-electron chi connectivity index (χ4n) is 3.74. The van der Waals surface area contributed by atoms with Gasteiger partial charge in [-0.2, -0.15) is 0 Å². The molecule has 10 heteroatoms. The highest BCUT2D eigenvalue weighted by atomic mass is 35.5. The Morgan fingerprint density at radius 3 is 2.66 bits per heavy atom. The Hall–Kier alpha value is -3.56. The largest absolute Gasteiger partial charge is 0.494 e. The summed E-state index contributed by atoms with van der Waals surface area (Å²) >= 11 is 6.11. The second-order valence-corrected chi connectivity index (χ2v) is 8.35. The first-order valence-electron chi connectivity index (χ1n) is 10.9. The van der Waals surface area contributed by atoms with Crippen LogP contribution in [0.25, 0.3) is 11.0 Å². The molecule has 35 heavy (non-hydrogen) atoms. The van der Waals surface area contributed by atoms with Crippen LogP contribution in [-0.2, 0) is 14.3 Å². The van der Waals surface area contributed by atoms with Gasteiger partial charge in [0.05, 0.1) is 48.9 Å². The van der Waals surface area contributed by atoms with Gasteiger partial charge in [0.2, 0.25) is 0 Å². The van der Waals surface area contributed by atoms with E-state index in [1.807, 2.05) is 0 Å². The number of esters is 1. The SMILES string of the molecule is COC(=O)C1CC(OCCOc2ccc(NC(=O)c3cc(=O)c4cccc(Cl)c4o3)c(OC)c2)C1. The quantitative estimate of drug-likeness (QED) is 0.345. The molecule has 1 fully saturated rings. The van der Waals surface area contributed by atoms with Gasteiger partial charge in [-0.25, -0.2) is 0 Å². The number of halogens is 1. The zero-order valence-corrected chi connectivity index (χ0v) is 19.9. The number of methoxy groups -OCH3 is 2. The number of benzene rings is 2. The summed E-state index contributed by atoms with van der Waals surface area (Å²) in [5, 5.41) is 3.20. The molecule has 1 saturated carbocycles. The van der Waals surface area contributed by atoms with E-state index in [4.69, 9.17) is 35.0 Å². The predicted octanol–water partition coefficient (Wildman–Crippen LogP) is 4.05. The molecule has 0 aliphatic heterocycles. The third kappa shape index (κ3) is 5.58. The molecule has 0 unspecified atom stereocenters. The van der Waals surface area contributed by atoms with Crippen molar-refractivity contribution >= 4 is 40.1 Å². The third-order valence-corrected chi connectivity index (χ3v) is 5.98. The minimum Gasteiger partial charge on any atom is -0.494 e. The zero-order chi connectivity index (χ0) is 24.9. The number of ether oxygens (including phenoxy) is 4. The van der Waals surface area contributed by atoms with Crippen LogP contribution in [0.4, 0.5) is 5.69 Å². The van der Waals surface area contributed by atoms with Crippen molar-refractivity contribution in [3.05, 3.63) is 63.5 Å². The van der Waals surface area contributed by atoms with Gasteiger partial charge in [-0.1, -0.05) is 17.7 Å². The zero-order valence-electron chi connectivity index (χ0n) is 19.2. The van der Waals surface area contributed by atoms with Gasteiger partial charge >= 0.3 is 5.97 Å². The number of carbonyl (C=O) groups is 2. The van der Waals surface area contributed by atoms with Crippen molar-refractivity contribution in [3.8, 4) is 11.5 Å². The molecular weight excluding hydrogens is 478 g/mol. The van der Waals surface area contributed by atoms with Gasteiger partial charge < -0.3 is 28.7 Å². The molecular formula is C25H24ClNO8. The molecule has 1 aromatic heterocycles. The van der Waals surface area contributed by atoms with E-state index in [0.717, 1.165) is 6.07 Å². The van der Waals surface area contributed by atoms with Crippen LogP contribution in [0.15, 0.2) is 51.7 Å². The van der Waals surface area contributed by atoms with E-state index in [0.29, 0.717) is 43.2 Å². The maximum atomic E-state index is 12.7. The molecule has 184 valence electrons. The fourth-order valence-corrected chi connectivity index (χ4v) is 3.95. The lowest BCUT2D eigenvalue weighted by atomic mass is 9.82. The van der Waals surface area contributed by atoms with Crippen molar-refractivity contribution in [1.29, 1.82) is 0 Å². The van der Waals surface area contributed by atoms with Crippen molar-refractivity contribution in [3.63, 3.8) is 0 Å². The van der Waals surface area contributed by atoms with E-state index in [2.05, 4.69) is 5.32 Å². The van der Waals surface area contributed by atoms with Gasteiger partial charge in [-0.05, 0) is 37.1 Å². The van der Waals surface area contributed by atoms with Crippen LogP contribution in [0.5, 0.6) is 11.5 Å². The van der Waals surface area contributed by atoms with Crippen LogP contribution in [-0.4, -0.2) is 45.4 Å². The van der Waals surface area contributed by atoms with Crippen LogP contribution in [0.1, 0.15) is 23.4 Å². The molecule has 0 saturated heterocycles. The van der Waals surface area contributed by atoms with E-state index in [1.165, 1.54) is 14.2 Å². The summed E-state index contributed by atoms with van der Waals surface area (Å²) in [5.41, 5.74) is 0.137. The van der Waals surface area contributed by atoms with Gasteiger partial charge in [0.25, 0.3) is 5.91 Å². The van der Waals surface area contributed by atoms with Crippen molar-refractivity contribution in [2.45, 2.75) is 18.9 Å². The van der Waals surface area contributed by atoms with Crippen molar-refractivity contribution in [2.75, 3.05) is 32.8 Å². The highest BCUT2D eigenvalue weighted by Gasteiger charge is 2.35. The molecule has 9 nitrogen and oxygen atoms in total. The number of anilines is 1. The number of nitrogens with one attached hydrogen (secondary N) is 1. The molecule has 0 atom stereocenters. The summed E-state index contributed by atoms with van der Waals surface area (Å²) in [6, 6.07) is 10.8. The Kier molecular flexibility index (Phi) is 7.57. The lowest BCUT2D eigenvalue weighted by molar-refractivity contribution is -0.155. The highest BCUT2D eigenvalue weighted by molar-refractivity contribution is 6.34. The van der Waals surface area contributed by atoms with Gasteiger partial charge in [-0.3, -0.25) is 14.4 Å². The lowest BCUT2D eigenvalue weighted by Gasteiger charge is -2.32. The van der Waals surface area contributed by atoms with Crippen molar-refractivity contribution in [1.82, 2.24) is 0 Å². The Labute approximate surface area is 205 Å². The Bertz CT molecular complexity index is 1300. The van der Waals surface area contributed by atoms with Gasteiger partial charge in [0.1, 0.15) is 18.1 Å². The van der Waals surface area contributed by atoms with E-state index < -0.39 is 5.91 Å². The first-order valence-corrected chi connectivity index (χ1v) is 11.3. The molecule has 1 aliphatic rings. The molecule has 1 heterocycles. The second kappa shape index (κ2) is 10.8. The number of rotatable bonds is 9. The van der Waals surface area contributed by atoms with Crippen LogP contribution in [0.2, 0.25) is 5.02 Å². The summed E-state index contributed by atoms with van der Waals surface area (Å²) in [5.74, 6) is -0.216. The first-order chi connectivity index (χ1) is 16.9. The highest BCUT2D eigenvalue weighted by Crippen LogP contribution is 2.32. The van der Waals surface area contributed by atoms with Crippen LogP contribution in [0, 0.1) is 5.92 Å². The standard InChI is InChI=1S/C25H24ClNO8/c1-31-21-12-15(33-8-9-34-16-10-14(11-16)25(30)32-2)6-7-19(21)27-24(29)22-13-20(28)17-4-3-5-18(26)23(17)35-22/h3-7,12-14,16H,8-11H2,1-2H3,(H,27,29). The Morgan fingerprint density at radius 2 is 1.91 bits per heavy atom. The summed E-state index contributed by atoms with van der Waals surface area (Å²) in [6.07, 6.45) is 1.33. The number of carbonyl (C=O) groups excluding carboxylic acids is 2. The van der Waals surface area contributed by atoms with Gasteiger partial charge in [-0.15, -0.1) is 0 Å². The average Bonchev–Trinajstić information content (AvgIpc) is 2.83. The number of hydrogen-bond acceptors (Lipinski definition) is 8. The van der Waals surface area contributed by atoms with Gasteiger partial charge in [0, 0.05) is 12.1 Å². The molecule has 4 rings (SSSR count). The number of fused-ring (bicyclic) bond motifs is 1.